The average Bonchev–Trinajstić information content (AvgIpc) is 2.47. The summed E-state index contributed by atoms with van der Waals surface area (Å²) in [5.74, 6) is 0. The zero-order valence-electron chi connectivity index (χ0n) is 13.1. The number of aryl methyl sites for hydroxylation is 1. The normalized spacial score (nSPS) is 10.7. The van der Waals surface area contributed by atoms with E-state index < -0.39 is 0 Å². The van der Waals surface area contributed by atoms with E-state index in [1.54, 1.807) is 20.2 Å². The molecule has 0 atom stereocenters. The van der Waals surface area contributed by atoms with Crippen molar-refractivity contribution >= 4 is 16.9 Å². The second-order valence-electron chi connectivity index (χ2n) is 5.54. The minimum atomic E-state index is -0.238. The number of hydrogen-bond donors (Lipinski definition) is 2. The molecule has 0 saturated heterocycles. The maximum atomic E-state index is 12.2. The molecular weight excluding hydrogens is 282 g/mol. The second kappa shape index (κ2) is 6.62. The van der Waals surface area contributed by atoms with Gasteiger partial charge in [-0.25, -0.2) is 4.79 Å². The first-order valence-electron chi connectivity index (χ1n) is 7.12. The molecule has 0 bridgehead atoms. The quantitative estimate of drug-likeness (QED) is 0.894. The molecule has 6 nitrogen and oxygen atoms in total. The van der Waals surface area contributed by atoms with Crippen LogP contribution in [0.15, 0.2) is 29.1 Å². The topological polar surface area (TPSA) is 76.6 Å². The maximum Gasteiger partial charge on any atom is 0.319 e. The smallest absolute Gasteiger partial charge is 0.319 e. The van der Waals surface area contributed by atoms with E-state index in [-0.39, 0.29) is 31.3 Å². The number of benzene rings is 1. The van der Waals surface area contributed by atoms with Crippen LogP contribution in [0.3, 0.4) is 0 Å². The van der Waals surface area contributed by atoms with Crippen molar-refractivity contribution in [3.63, 3.8) is 0 Å². The van der Waals surface area contributed by atoms with Gasteiger partial charge in [0.2, 0.25) is 0 Å². The molecule has 2 amide bonds. The molecule has 1 aromatic heterocycles. The van der Waals surface area contributed by atoms with E-state index in [4.69, 9.17) is 5.11 Å². The highest BCUT2D eigenvalue weighted by molar-refractivity contribution is 5.80. The number of H-pyrrole nitrogens is 1. The number of nitrogens with zero attached hydrogens (tertiary/aromatic N) is 2. The summed E-state index contributed by atoms with van der Waals surface area (Å²) in [5, 5.41) is 10.1. The molecule has 118 valence electrons. The molecule has 2 N–H and O–H groups in total. The van der Waals surface area contributed by atoms with E-state index in [0.717, 1.165) is 16.5 Å². The van der Waals surface area contributed by atoms with E-state index in [1.165, 1.54) is 9.80 Å². The number of amides is 2. The molecule has 0 fully saturated rings. The number of pyridine rings is 1. The molecule has 0 saturated carbocycles. The fourth-order valence-electron chi connectivity index (χ4n) is 2.34. The number of aromatic amines is 1. The third-order valence-corrected chi connectivity index (χ3v) is 3.46. The number of rotatable bonds is 4. The Morgan fingerprint density at radius 2 is 2.00 bits per heavy atom. The minimum absolute atomic E-state index is 0.149. The van der Waals surface area contributed by atoms with Crippen LogP contribution in [-0.4, -0.2) is 53.2 Å². The number of aromatic nitrogens is 1. The number of nitrogens with one attached hydrogen (secondary N) is 1. The summed E-state index contributed by atoms with van der Waals surface area (Å²) >= 11 is 0. The Balaban J connectivity index is 2.38. The lowest BCUT2D eigenvalue weighted by atomic mass is 10.1. The van der Waals surface area contributed by atoms with Gasteiger partial charge in [-0.2, -0.15) is 0 Å². The van der Waals surface area contributed by atoms with Crippen LogP contribution in [0, 0.1) is 6.92 Å². The first kappa shape index (κ1) is 16.0. The molecule has 2 rings (SSSR count). The van der Waals surface area contributed by atoms with Crippen LogP contribution >= 0.6 is 0 Å². The van der Waals surface area contributed by atoms with Crippen molar-refractivity contribution in [1.82, 2.24) is 14.8 Å². The molecule has 22 heavy (non-hydrogen) atoms. The number of carbonyl (C=O) groups is 1. The van der Waals surface area contributed by atoms with E-state index in [1.807, 2.05) is 25.1 Å². The van der Waals surface area contributed by atoms with Gasteiger partial charge < -0.3 is 19.9 Å². The Hall–Kier alpha value is -2.34. The van der Waals surface area contributed by atoms with Crippen LogP contribution in [0.2, 0.25) is 0 Å². The van der Waals surface area contributed by atoms with E-state index >= 15 is 0 Å². The van der Waals surface area contributed by atoms with Crippen molar-refractivity contribution in [2.24, 2.45) is 0 Å². The standard InChI is InChI=1S/C16H21N3O3/c1-11-4-5-14-12(8-11)9-13(15(21)17-14)10-19(6-7-20)16(22)18(2)3/h4-5,8-9,20H,6-7,10H2,1-3H3,(H,17,21). The van der Waals surface area contributed by atoms with E-state index in [0.29, 0.717) is 5.56 Å². The third kappa shape index (κ3) is 3.46. The van der Waals surface area contributed by atoms with Crippen LogP contribution < -0.4 is 5.56 Å². The molecule has 2 aromatic rings. The van der Waals surface area contributed by atoms with E-state index in [9.17, 15) is 9.59 Å². The van der Waals surface area contributed by atoms with Gasteiger partial charge in [0.1, 0.15) is 0 Å². The molecule has 1 aromatic carbocycles. The molecule has 0 aliphatic heterocycles. The van der Waals surface area contributed by atoms with Crippen molar-refractivity contribution < 1.29 is 9.90 Å². The Morgan fingerprint density at radius 3 is 2.64 bits per heavy atom. The first-order valence-corrected chi connectivity index (χ1v) is 7.12. The minimum Gasteiger partial charge on any atom is -0.395 e. The van der Waals surface area contributed by atoms with Gasteiger partial charge in [0.25, 0.3) is 5.56 Å². The summed E-state index contributed by atoms with van der Waals surface area (Å²) < 4.78 is 0. The van der Waals surface area contributed by atoms with Crippen LogP contribution in [-0.2, 0) is 6.54 Å². The number of hydrogen-bond acceptors (Lipinski definition) is 3. The summed E-state index contributed by atoms with van der Waals surface area (Å²) in [7, 11) is 3.28. The van der Waals surface area contributed by atoms with Gasteiger partial charge in [-0.3, -0.25) is 4.79 Å². The number of aliphatic hydroxyl groups is 1. The Bertz CT molecular complexity index is 737. The summed E-state index contributed by atoms with van der Waals surface area (Å²) in [6.45, 7) is 2.18. The molecule has 0 aliphatic rings. The van der Waals surface area contributed by atoms with Gasteiger partial charge in [0.15, 0.2) is 0 Å². The molecule has 1 heterocycles. The van der Waals surface area contributed by atoms with Crippen LogP contribution in [0.4, 0.5) is 4.79 Å². The zero-order valence-corrected chi connectivity index (χ0v) is 13.1. The van der Waals surface area contributed by atoms with Crippen molar-refractivity contribution in [2.45, 2.75) is 13.5 Å². The predicted octanol–water partition coefficient (Wildman–Crippen LogP) is 1.31. The van der Waals surface area contributed by atoms with Gasteiger partial charge in [-0.05, 0) is 30.5 Å². The average molecular weight is 303 g/mol. The molecule has 0 spiro atoms. The fourth-order valence-corrected chi connectivity index (χ4v) is 2.34. The Morgan fingerprint density at radius 1 is 1.27 bits per heavy atom. The van der Waals surface area contributed by atoms with Crippen molar-refractivity contribution in [3.05, 3.63) is 45.7 Å². The number of urea groups is 1. The van der Waals surface area contributed by atoms with Crippen LogP contribution in [0.1, 0.15) is 11.1 Å². The second-order valence-corrected chi connectivity index (χ2v) is 5.54. The fraction of sp³-hybridized carbons (Fsp3) is 0.375. The van der Waals surface area contributed by atoms with Gasteiger partial charge in [-0.1, -0.05) is 11.6 Å². The molecule has 0 radical (unpaired) electrons. The summed E-state index contributed by atoms with van der Waals surface area (Å²) in [6, 6.07) is 7.35. The first-order chi connectivity index (χ1) is 10.4. The summed E-state index contributed by atoms with van der Waals surface area (Å²) in [4.78, 5) is 30.0. The van der Waals surface area contributed by atoms with Gasteiger partial charge in [0.05, 0.1) is 13.2 Å². The van der Waals surface area contributed by atoms with E-state index in [2.05, 4.69) is 4.98 Å². The molecular formula is C16H21N3O3. The molecule has 6 heteroatoms. The number of carbonyl (C=O) groups excluding carboxylic acids is 1. The highest BCUT2D eigenvalue weighted by Gasteiger charge is 2.17. The van der Waals surface area contributed by atoms with Crippen molar-refractivity contribution in [1.29, 1.82) is 0 Å². The van der Waals surface area contributed by atoms with Crippen LogP contribution in [0.5, 0.6) is 0 Å². The van der Waals surface area contributed by atoms with Gasteiger partial charge >= 0.3 is 6.03 Å². The van der Waals surface area contributed by atoms with Gasteiger partial charge in [0, 0.05) is 31.7 Å². The van der Waals surface area contributed by atoms with Gasteiger partial charge in [-0.15, -0.1) is 0 Å². The summed E-state index contributed by atoms with van der Waals surface area (Å²) in [6.07, 6.45) is 0. The maximum absolute atomic E-state index is 12.2. The molecule has 0 aliphatic carbocycles. The lowest BCUT2D eigenvalue weighted by Crippen LogP contribution is -2.41. The predicted molar refractivity (Wildman–Crippen MR) is 85.9 cm³/mol. The zero-order chi connectivity index (χ0) is 16.3. The third-order valence-electron chi connectivity index (χ3n) is 3.46. The summed E-state index contributed by atoms with van der Waals surface area (Å²) in [5.41, 5.74) is 2.15. The Labute approximate surface area is 129 Å². The lowest BCUT2D eigenvalue weighted by Gasteiger charge is -2.25. The highest BCUT2D eigenvalue weighted by atomic mass is 16.3. The molecule has 0 unspecified atom stereocenters. The largest absolute Gasteiger partial charge is 0.395 e. The van der Waals surface area contributed by atoms with Crippen LogP contribution in [0.25, 0.3) is 10.9 Å². The SMILES string of the molecule is Cc1ccc2[nH]c(=O)c(CN(CCO)C(=O)N(C)C)cc2c1. The Kier molecular flexibility index (Phi) is 4.82. The monoisotopic (exact) mass is 303 g/mol. The highest BCUT2D eigenvalue weighted by Crippen LogP contribution is 2.14. The number of aliphatic hydroxyl groups excluding tert-OH is 1. The lowest BCUT2D eigenvalue weighted by molar-refractivity contribution is 0.151. The number of fused-ring (bicyclic) bond motifs is 1. The van der Waals surface area contributed by atoms with Crippen molar-refractivity contribution in [3.8, 4) is 0 Å². The van der Waals surface area contributed by atoms with Crippen molar-refractivity contribution in [2.75, 3.05) is 27.2 Å².